The largest absolute Gasteiger partial charge is 0.493 e. The molecule has 0 aromatic heterocycles. The molecule has 6 nitrogen and oxygen atoms in total. The molecule has 0 saturated heterocycles. The van der Waals surface area contributed by atoms with E-state index in [0.717, 1.165) is 6.42 Å². The highest BCUT2D eigenvalue weighted by Crippen LogP contribution is 2.37. The van der Waals surface area contributed by atoms with Gasteiger partial charge in [0.15, 0.2) is 11.5 Å². The van der Waals surface area contributed by atoms with Crippen molar-refractivity contribution < 1.29 is 32.2 Å². The van der Waals surface area contributed by atoms with E-state index >= 15 is 0 Å². The number of hydrogen-bond donors (Lipinski definition) is 2. The summed E-state index contributed by atoms with van der Waals surface area (Å²) < 4.78 is 48.0. The van der Waals surface area contributed by atoms with Gasteiger partial charge in [-0.3, -0.25) is 9.59 Å². The SMILES string of the molecule is CCCOc1c(Br)cc(C(=O)Nc2ccc(C(=O)NCC(F)(F)F)cc2)cc1OC. The molecule has 0 aliphatic rings. The quantitative estimate of drug-likeness (QED) is 0.559. The molecule has 2 aromatic rings. The lowest BCUT2D eigenvalue weighted by Crippen LogP contribution is -2.33. The molecule has 30 heavy (non-hydrogen) atoms. The van der Waals surface area contributed by atoms with Gasteiger partial charge in [0.2, 0.25) is 0 Å². The molecule has 2 aromatic carbocycles. The molecule has 2 rings (SSSR count). The van der Waals surface area contributed by atoms with E-state index in [4.69, 9.17) is 9.47 Å². The number of halogens is 4. The molecule has 2 N–H and O–H groups in total. The Bertz CT molecular complexity index is 902. The highest BCUT2D eigenvalue weighted by Gasteiger charge is 2.27. The zero-order chi connectivity index (χ0) is 22.3. The number of anilines is 1. The number of methoxy groups -OCH3 is 1. The summed E-state index contributed by atoms with van der Waals surface area (Å²) in [6.07, 6.45) is -3.68. The number of alkyl halides is 3. The van der Waals surface area contributed by atoms with E-state index in [1.165, 1.54) is 37.4 Å². The normalized spacial score (nSPS) is 11.0. The van der Waals surface area contributed by atoms with Crippen LogP contribution < -0.4 is 20.1 Å². The summed E-state index contributed by atoms with van der Waals surface area (Å²) in [5.41, 5.74) is 0.711. The van der Waals surface area contributed by atoms with Crippen molar-refractivity contribution in [2.45, 2.75) is 19.5 Å². The van der Waals surface area contributed by atoms with Crippen LogP contribution in [-0.4, -0.2) is 38.3 Å². The monoisotopic (exact) mass is 488 g/mol. The minimum atomic E-state index is -4.49. The molecule has 2 amide bonds. The summed E-state index contributed by atoms with van der Waals surface area (Å²) in [5, 5.41) is 4.44. The average molecular weight is 489 g/mol. The van der Waals surface area contributed by atoms with Gasteiger partial charge in [-0.1, -0.05) is 6.92 Å². The lowest BCUT2D eigenvalue weighted by Gasteiger charge is -2.14. The predicted octanol–water partition coefficient (Wildman–Crippen LogP) is 4.79. The molecular formula is C20H20BrF3N2O4. The molecule has 0 fully saturated rings. The molecular weight excluding hydrogens is 469 g/mol. The van der Waals surface area contributed by atoms with Crippen molar-refractivity contribution in [1.29, 1.82) is 0 Å². The second-order valence-electron chi connectivity index (χ2n) is 6.17. The fourth-order valence-electron chi connectivity index (χ4n) is 2.39. The number of carbonyl (C=O) groups is 2. The third-order valence-electron chi connectivity index (χ3n) is 3.80. The fourth-order valence-corrected chi connectivity index (χ4v) is 2.94. The maximum absolute atomic E-state index is 12.6. The molecule has 162 valence electrons. The van der Waals surface area contributed by atoms with Gasteiger partial charge < -0.3 is 20.1 Å². The summed E-state index contributed by atoms with van der Waals surface area (Å²) in [5.74, 6) is -0.420. The molecule has 0 saturated carbocycles. The minimum Gasteiger partial charge on any atom is -0.493 e. The van der Waals surface area contributed by atoms with Crippen LogP contribution in [0, 0.1) is 0 Å². The Labute approximate surface area is 179 Å². The second-order valence-corrected chi connectivity index (χ2v) is 7.02. The predicted molar refractivity (Wildman–Crippen MR) is 109 cm³/mol. The molecule has 0 heterocycles. The maximum Gasteiger partial charge on any atom is 0.405 e. The highest BCUT2D eigenvalue weighted by atomic mass is 79.9. The molecule has 0 spiro atoms. The highest BCUT2D eigenvalue weighted by molar-refractivity contribution is 9.10. The summed E-state index contributed by atoms with van der Waals surface area (Å²) in [6.45, 7) is 1.04. The summed E-state index contributed by atoms with van der Waals surface area (Å²) in [4.78, 5) is 24.3. The van der Waals surface area contributed by atoms with E-state index in [9.17, 15) is 22.8 Å². The standard InChI is InChI=1S/C20H20BrF3N2O4/c1-3-8-30-17-15(21)9-13(10-16(17)29-2)19(28)26-14-6-4-12(5-7-14)18(27)25-11-20(22,23)24/h4-7,9-10H,3,8,11H2,1-2H3,(H,25,27)(H,26,28). The van der Waals surface area contributed by atoms with Crippen LogP contribution in [-0.2, 0) is 0 Å². The molecule has 0 atom stereocenters. The van der Waals surface area contributed by atoms with Gasteiger partial charge in [-0.25, -0.2) is 0 Å². The van der Waals surface area contributed by atoms with Crippen LogP contribution in [0.4, 0.5) is 18.9 Å². The van der Waals surface area contributed by atoms with Gasteiger partial charge in [0, 0.05) is 16.8 Å². The van der Waals surface area contributed by atoms with Gasteiger partial charge in [0.1, 0.15) is 6.54 Å². The third kappa shape index (κ3) is 6.65. The Kier molecular flexibility index (Phi) is 8.10. The van der Waals surface area contributed by atoms with Crippen LogP contribution in [0.1, 0.15) is 34.1 Å². The number of amides is 2. The Hall–Kier alpha value is -2.75. The zero-order valence-electron chi connectivity index (χ0n) is 16.2. The number of nitrogens with one attached hydrogen (secondary N) is 2. The maximum atomic E-state index is 12.6. The summed E-state index contributed by atoms with van der Waals surface area (Å²) in [6, 6.07) is 8.60. The van der Waals surface area contributed by atoms with Crippen molar-refractivity contribution in [2.75, 3.05) is 25.6 Å². The van der Waals surface area contributed by atoms with Crippen molar-refractivity contribution in [3.63, 3.8) is 0 Å². The van der Waals surface area contributed by atoms with Gasteiger partial charge >= 0.3 is 6.18 Å². The molecule has 0 radical (unpaired) electrons. The van der Waals surface area contributed by atoms with Crippen LogP contribution in [0.2, 0.25) is 0 Å². The molecule has 0 bridgehead atoms. The lowest BCUT2D eigenvalue weighted by molar-refractivity contribution is -0.123. The van der Waals surface area contributed by atoms with Crippen molar-refractivity contribution in [2.24, 2.45) is 0 Å². The number of carbonyl (C=O) groups excluding carboxylic acids is 2. The number of benzene rings is 2. The van der Waals surface area contributed by atoms with E-state index < -0.39 is 24.5 Å². The van der Waals surface area contributed by atoms with Crippen molar-refractivity contribution in [3.8, 4) is 11.5 Å². The number of hydrogen-bond acceptors (Lipinski definition) is 4. The van der Waals surface area contributed by atoms with Gasteiger partial charge in [0.25, 0.3) is 11.8 Å². The van der Waals surface area contributed by atoms with Gasteiger partial charge in [-0.2, -0.15) is 13.2 Å². The Morgan fingerprint density at radius 1 is 1.07 bits per heavy atom. The molecule has 0 aliphatic carbocycles. The zero-order valence-corrected chi connectivity index (χ0v) is 17.8. The Morgan fingerprint density at radius 2 is 1.73 bits per heavy atom. The van der Waals surface area contributed by atoms with E-state index in [1.807, 2.05) is 6.92 Å². The third-order valence-corrected chi connectivity index (χ3v) is 4.39. The fraction of sp³-hybridized carbons (Fsp3) is 0.300. The van der Waals surface area contributed by atoms with Crippen LogP contribution in [0.5, 0.6) is 11.5 Å². The molecule has 10 heteroatoms. The van der Waals surface area contributed by atoms with E-state index in [0.29, 0.717) is 33.8 Å². The average Bonchev–Trinajstić information content (AvgIpc) is 2.70. The molecule has 0 aliphatic heterocycles. The first-order valence-corrected chi connectivity index (χ1v) is 9.70. The Balaban J connectivity index is 2.09. The first kappa shape index (κ1) is 23.5. The Morgan fingerprint density at radius 3 is 2.30 bits per heavy atom. The summed E-state index contributed by atoms with van der Waals surface area (Å²) in [7, 11) is 1.46. The van der Waals surface area contributed by atoms with Crippen LogP contribution >= 0.6 is 15.9 Å². The van der Waals surface area contributed by atoms with Crippen molar-refractivity contribution in [1.82, 2.24) is 5.32 Å². The smallest absolute Gasteiger partial charge is 0.405 e. The van der Waals surface area contributed by atoms with Gasteiger partial charge in [0.05, 0.1) is 18.2 Å². The molecule has 0 unspecified atom stereocenters. The topological polar surface area (TPSA) is 76.7 Å². The van der Waals surface area contributed by atoms with Gasteiger partial charge in [-0.05, 0) is 58.7 Å². The van der Waals surface area contributed by atoms with Gasteiger partial charge in [-0.15, -0.1) is 0 Å². The minimum absolute atomic E-state index is 0.0408. The van der Waals surface area contributed by atoms with E-state index in [-0.39, 0.29) is 5.56 Å². The second kappa shape index (κ2) is 10.3. The van der Waals surface area contributed by atoms with E-state index in [1.54, 1.807) is 11.4 Å². The van der Waals surface area contributed by atoms with Crippen LogP contribution in [0.3, 0.4) is 0 Å². The first-order chi connectivity index (χ1) is 14.1. The lowest BCUT2D eigenvalue weighted by atomic mass is 10.1. The number of rotatable bonds is 8. The van der Waals surface area contributed by atoms with Crippen LogP contribution in [0.15, 0.2) is 40.9 Å². The van der Waals surface area contributed by atoms with E-state index in [2.05, 4.69) is 21.2 Å². The first-order valence-electron chi connectivity index (χ1n) is 8.91. The number of ether oxygens (including phenoxy) is 2. The van der Waals surface area contributed by atoms with Crippen molar-refractivity contribution in [3.05, 3.63) is 52.0 Å². The van der Waals surface area contributed by atoms with Crippen LogP contribution in [0.25, 0.3) is 0 Å². The van der Waals surface area contributed by atoms with Crippen molar-refractivity contribution >= 4 is 33.4 Å². The summed E-state index contributed by atoms with van der Waals surface area (Å²) >= 11 is 3.37.